The molecule has 1 saturated carbocycles. The predicted octanol–water partition coefficient (Wildman–Crippen LogP) is 7.93. The van der Waals surface area contributed by atoms with Crippen LogP contribution in [0.25, 0.3) is 0 Å². The van der Waals surface area contributed by atoms with E-state index in [2.05, 4.69) is 15.4 Å². The fraction of sp³-hybridized carbons (Fsp3) is 0.562. The first kappa shape index (κ1) is 34.8. The molecule has 0 bridgehead atoms. The zero-order valence-electron chi connectivity index (χ0n) is 26.3. The van der Waals surface area contributed by atoms with Crippen molar-refractivity contribution in [3.8, 4) is 0 Å². The van der Waals surface area contributed by atoms with Gasteiger partial charge in [-0.3, -0.25) is 4.79 Å². The van der Waals surface area contributed by atoms with Crippen LogP contribution in [0.15, 0.2) is 30.3 Å². The molecule has 2 heterocycles. The number of esters is 1. The average Bonchev–Trinajstić information content (AvgIpc) is 3.35. The lowest BCUT2D eigenvalue weighted by Gasteiger charge is -2.35. The molecule has 1 fully saturated rings. The van der Waals surface area contributed by atoms with Crippen molar-refractivity contribution < 1.29 is 35.9 Å². The van der Waals surface area contributed by atoms with E-state index in [0.29, 0.717) is 43.6 Å². The molecule has 8 nitrogen and oxygen atoms in total. The van der Waals surface area contributed by atoms with Gasteiger partial charge in [0.25, 0.3) is 5.95 Å². The van der Waals surface area contributed by atoms with Crippen molar-refractivity contribution in [2.24, 2.45) is 18.9 Å². The number of benzene rings is 2. The van der Waals surface area contributed by atoms with E-state index in [9.17, 15) is 31.1 Å². The topological polar surface area (TPSA) is 76.4 Å². The standard InChI is InChI=1S/C32H37ClF6N6O2/c1-19-11-25-27(45(30-40-42-43(2)41-30)18-22-12-23(31(34,35)36)15-24(33)13-22)5-4-10-44(28(25)16-26(19)32(37,38)39)17-21-8-6-20(7-9-21)14-29(46)47-3/h11-13,15-16,20-21,27H,4-10,14,17-18H2,1-3H3/t20?,21?,27-/m0/s1. The Labute approximate surface area is 274 Å². The summed E-state index contributed by atoms with van der Waals surface area (Å²) in [4.78, 5) is 16.7. The summed E-state index contributed by atoms with van der Waals surface area (Å²) in [5.74, 6) is 0.322. The molecule has 0 radical (unpaired) electrons. The van der Waals surface area contributed by atoms with E-state index in [-0.39, 0.29) is 46.4 Å². The Hall–Kier alpha value is -3.55. The van der Waals surface area contributed by atoms with Gasteiger partial charge in [-0.25, -0.2) is 0 Å². The first-order chi connectivity index (χ1) is 22.1. The maximum atomic E-state index is 14.3. The lowest BCUT2D eigenvalue weighted by molar-refractivity contribution is -0.142. The van der Waals surface area contributed by atoms with Crippen molar-refractivity contribution in [1.29, 1.82) is 0 Å². The van der Waals surface area contributed by atoms with Gasteiger partial charge in [-0.05, 0) is 103 Å². The molecule has 1 aliphatic heterocycles. The van der Waals surface area contributed by atoms with Crippen LogP contribution in [-0.4, -0.2) is 46.4 Å². The van der Waals surface area contributed by atoms with Crippen LogP contribution in [0.3, 0.4) is 0 Å². The summed E-state index contributed by atoms with van der Waals surface area (Å²) in [6.45, 7) is 2.35. The summed E-state index contributed by atoms with van der Waals surface area (Å²) in [6.07, 6.45) is -4.46. The van der Waals surface area contributed by atoms with E-state index in [1.54, 1.807) is 11.9 Å². The monoisotopic (exact) mass is 686 g/mol. The van der Waals surface area contributed by atoms with Gasteiger partial charge in [0.15, 0.2) is 0 Å². The van der Waals surface area contributed by atoms with Gasteiger partial charge in [0.2, 0.25) is 0 Å². The molecule has 0 unspecified atom stereocenters. The molecule has 0 spiro atoms. The van der Waals surface area contributed by atoms with Crippen LogP contribution in [0, 0.1) is 18.8 Å². The van der Waals surface area contributed by atoms with Crippen LogP contribution in [0.2, 0.25) is 5.02 Å². The van der Waals surface area contributed by atoms with Gasteiger partial charge >= 0.3 is 18.3 Å². The van der Waals surface area contributed by atoms with Gasteiger partial charge in [0, 0.05) is 36.8 Å². The molecule has 5 rings (SSSR count). The number of nitrogens with zero attached hydrogens (tertiary/aromatic N) is 6. The van der Waals surface area contributed by atoms with Crippen molar-refractivity contribution in [1.82, 2.24) is 20.2 Å². The predicted molar refractivity (Wildman–Crippen MR) is 164 cm³/mol. The van der Waals surface area contributed by atoms with Gasteiger partial charge < -0.3 is 14.5 Å². The fourth-order valence-corrected chi connectivity index (χ4v) is 7.15. The summed E-state index contributed by atoms with van der Waals surface area (Å²) in [7, 11) is 2.92. The molecular weight excluding hydrogens is 650 g/mol. The number of alkyl halides is 6. The smallest absolute Gasteiger partial charge is 0.416 e. The minimum absolute atomic E-state index is 0.0422. The number of aryl methyl sites for hydroxylation is 2. The third-order valence-electron chi connectivity index (χ3n) is 9.18. The molecule has 47 heavy (non-hydrogen) atoms. The number of methoxy groups -OCH3 is 1. The van der Waals surface area contributed by atoms with Crippen molar-refractivity contribution in [2.75, 3.05) is 30.0 Å². The second-order valence-corrected chi connectivity index (χ2v) is 13.0. The molecule has 0 N–H and O–H groups in total. The number of aromatic nitrogens is 4. The third-order valence-corrected chi connectivity index (χ3v) is 9.40. The number of anilines is 2. The largest absolute Gasteiger partial charge is 0.469 e. The molecule has 3 aromatic rings. The van der Waals surface area contributed by atoms with Gasteiger partial charge in [-0.15, -0.1) is 5.10 Å². The van der Waals surface area contributed by atoms with Crippen LogP contribution in [-0.2, 0) is 35.5 Å². The number of tetrazole rings is 1. The fourth-order valence-electron chi connectivity index (χ4n) is 6.89. The van der Waals surface area contributed by atoms with Crippen LogP contribution in [0.1, 0.15) is 78.8 Å². The molecule has 256 valence electrons. The Morgan fingerprint density at radius 1 is 1.00 bits per heavy atom. The van der Waals surface area contributed by atoms with Crippen LogP contribution >= 0.6 is 11.6 Å². The van der Waals surface area contributed by atoms with E-state index >= 15 is 0 Å². The van der Waals surface area contributed by atoms with Crippen molar-refractivity contribution >= 4 is 29.2 Å². The van der Waals surface area contributed by atoms with E-state index in [0.717, 1.165) is 37.8 Å². The average molecular weight is 687 g/mol. The molecule has 2 aromatic carbocycles. The first-order valence-electron chi connectivity index (χ1n) is 15.5. The molecule has 15 heteroatoms. The molecule has 1 aromatic heterocycles. The first-order valence-corrected chi connectivity index (χ1v) is 15.9. The van der Waals surface area contributed by atoms with Crippen LogP contribution < -0.4 is 9.80 Å². The Bertz CT molecular complexity index is 1570. The highest BCUT2D eigenvalue weighted by Gasteiger charge is 2.38. The van der Waals surface area contributed by atoms with E-state index in [1.165, 1.54) is 37.0 Å². The number of fused-ring (bicyclic) bond motifs is 1. The van der Waals surface area contributed by atoms with Gasteiger partial charge in [-0.2, -0.15) is 31.1 Å². The van der Waals surface area contributed by atoms with Gasteiger partial charge in [0.1, 0.15) is 0 Å². The van der Waals surface area contributed by atoms with Crippen LogP contribution in [0.5, 0.6) is 0 Å². The number of hydrogen-bond acceptors (Lipinski definition) is 7. The summed E-state index contributed by atoms with van der Waals surface area (Å²) in [6, 6.07) is 5.45. The van der Waals surface area contributed by atoms with E-state index in [1.807, 2.05) is 4.90 Å². The molecule has 0 saturated heterocycles. The molecule has 0 amide bonds. The number of rotatable bonds is 8. The maximum Gasteiger partial charge on any atom is 0.416 e. The quantitative estimate of drug-likeness (QED) is 0.176. The second kappa shape index (κ2) is 13.9. The lowest BCUT2D eigenvalue weighted by atomic mass is 9.80. The summed E-state index contributed by atoms with van der Waals surface area (Å²) in [5, 5.41) is 12.3. The number of carbonyl (C=O) groups is 1. The van der Waals surface area contributed by atoms with Gasteiger partial charge in [-0.1, -0.05) is 22.8 Å². The third kappa shape index (κ3) is 8.31. The zero-order chi connectivity index (χ0) is 34.1. The van der Waals surface area contributed by atoms with Gasteiger partial charge in [0.05, 0.1) is 31.3 Å². The number of carbonyl (C=O) groups excluding carboxylic acids is 1. The number of halogens is 7. The molecule has 1 aliphatic carbocycles. The summed E-state index contributed by atoms with van der Waals surface area (Å²) < 4.78 is 88.7. The Kier molecular flexibility index (Phi) is 10.3. The SMILES string of the molecule is COC(=O)CC1CCC(CN2CCC[C@H](N(Cc3cc(Cl)cc(C(F)(F)F)c3)c3nnn(C)n3)c3cc(C)c(C(F)(F)F)cc32)CC1. The highest BCUT2D eigenvalue weighted by Crippen LogP contribution is 2.45. The lowest BCUT2D eigenvalue weighted by Crippen LogP contribution is -2.33. The Morgan fingerprint density at radius 3 is 2.32 bits per heavy atom. The van der Waals surface area contributed by atoms with Crippen molar-refractivity contribution in [3.05, 3.63) is 63.2 Å². The molecule has 1 atom stereocenters. The zero-order valence-corrected chi connectivity index (χ0v) is 27.1. The number of ether oxygens (including phenoxy) is 1. The second-order valence-electron chi connectivity index (χ2n) is 12.5. The van der Waals surface area contributed by atoms with E-state index < -0.39 is 29.5 Å². The van der Waals surface area contributed by atoms with E-state index in [4.69, 9.17) is 16.3 Å². The maximum absolute atomic E-state index is 14.3. The minimum atomic E-state index is -4.63. The molecular formula is C32H37ClF6N6O2. The van der Waals surface area contributed by atoms with Crippen molar-refractivity contribution in [3.63, 3.8) is 0 Å². The van der Waals surface area contributed by atoms with Crippen LogP contribution in [0.4, 0.5) is 38.0 Å². The summed E-state index contributed by atoms with van der Waals surface area (Å²) in [5.41, 5.74) is -0.326. The Balaban J connectivity index is 1.53. The Morgan fingerprint density at radius 2 is 1.70 bits per heavy atom. The normalized spacial score (nSPS) is 20.5. The highest BCUT2D eigenvalue weighted by atomic mass is 35.5. The highest BCUT2D eigenvalue weighted by molar-refractivity contribution is 6.30. The molecule has 2 aliphatic rings. The number of hydrogen-bond donors (Lipinski definition) is 0. The van der Waals surface area contributed by atoms with Crippen molar-refractivity contribution in [2.45, 2.75) is 76.8 Å². The summed E-state index contributed by atoms with van der Waals surface area (Å²) >= 11 is 6.11. The minimum Gasteiger partial charge on any atom is -0.469 e.